The normalized spacial score (nSPS) is 19.2. The van der Waals surface area contributed by atoms with E-state index in [1.807, 2.05) is 48.7 Å². The van der Waals surface area contributed by atoms with Gasteiger partial charge < -0.3 is 19.5 Å². The van der Waals surface area contributed by atoms with Gasteiger partial charge in [-0.2, -0.15) is 0 Å². The van der Waals surface area contributed by atoms with Gasteiger partial charge in [0.15, 0.2) is 5.11 Å². The van der Waals surface area contributed by atoms with Crippen molar-refractivity contribution in [2.45, 2.75) is 19.0 Å². The molecule has 1 fully saturated rings. The van der Waals surface area contributed by atoms with Crippen molar-refractivity contribution in [1.82, 2.24) is 14.9 Å². The molecule has 0 spiro atoms. The van der Waals surface area contributed by atoms with Crippen LogP contribution in [0.1, 0.15) is 29.2 Å². The second-order valence-corrected chi connectivity index (χ2v) is 7.04. The molecule has 1 aromatic carbocycles. The van der Waals surface area contributed by atoms with Crippen molar-refractivity contribution in [1.29, 1.82) is 0 Å². The summed E-state index contributed by atoms with van der Waals surface area (Å²) in [6, 6.07) is 18.2. The fourth-order valence-electron chi connectivity index (χ4n) is 3.61. The first-order valence-electron chi connectivity index (χ1n) is 8.87. The van der Waals surface area contributed by atoms with Gasteiger partial charge >= 0.3 is 0 Å². The number of pyridine rings is 1. The van der Waals surface area contributed by atoms with Gasteiger partial charge in [-0.3, -0.25) is 4.98 Å². The number of hydrogen-bond acceptors (Lipinski definition) is 3. The van der Waals surface area contributed by atoms with E-state index < -0.39 is 0 Å². The molecule has 1 N–H and O–H groups in total. The molecule has 0 amide bonds. The zero-order valence-corrected chi connectivity index (χ0v) is 16.4. The Morgan fingerprint density at radius 3 is 2.44 bits per heavy atom. The summed E-state index contributed by atoms with van der Waals surface area (Å²) in [5.74, 6) is 0.823. The van der Waals surface area contributed by atoms with Crippen molar-refractivity contribution in [3.05, 3.63) is 77.9 Å². The van der Waals surface area contributed by atoms with Gasteiger partial charge in [0.05, 0.1) is 18.8 Å². The predicted molar refractivity (Wildman–Crippen MR) is 111 cm³/mol. The minimum absolute atomic E-state index is 0.000468. The van der Waals surface area contributed by atoms with Crippen LogP contribution in [-0.4, -0.2) is 21.8 Å². The molecule has 6 heteroatoms. The molecular formula is C21H22N4OS. The third kappa shape index (κ3) is 3.06. The molecule has 2 atom stereocenters. The van der Waals surface area contributed by atoms with Gasteiger partial charge in [0.2, 0.25) is 0 Å². The third-order valence-electron chi connectivity index (χ3n) is 5.16. The van der Waals surface area contributed by atoms with E-state index in [0.717, 1.165) is 17.1 Å². The number of methoxy groups -OCH3 is 1. The summed E-state index contributed by atoms with van der Waals surface area (Å²) in [7, 11) is 3.76. The van der Waals surface area contributed by atoms with Gasteiger partial charge in [0.1, 0.15) is 11.8 Å². The number of anilines is 1. The lowest BCUT2D eigenvalue weighted by atomic mass is 10.0. The number of ether oxygens (including phenoxy) is 1. The van der Waals surface area contributed by atoms with E-state index in [4.69, 9.17) is 17.0 Å². The Morgan fingerprint density at radius 1 is 1.07 bits per heavy atom. The van der Waals surface area contributed by atoms with Gasteiger partial charge in [-0.25, -0.2) is 0 Å². The van der Waals surface area contributed by atoms with E-state index >= 15 is 0 Å². The maximum atomic E-state index is 5.73. The van der Waals surface area contributed by atoms with E-state index in [9.17, 15) is 0 Å². The maximum Gasteiger partial charge on any atom is 0.174 e. The maximum absolute atomic E-state index is 5.73. The molecule has 0 aliphatic carbocycles. The van der Waals surface area contributed by atoms with E-state index in [1.54, 1.807) is 7.11 Å². The third-order valence-corrected chi connectivity index (χ3v) is 5.48. The highest BCUT2D eigenvalue weighted by molar-refractivity contribution is 7.80. The number of thiocarbonyl (C=S) groups is 1. The minimum atomic E-state index is -0.0335. The second kappa shape index (κ2) is 7.04. The summed E-state index contributed by atoms with van der Waals surface area (Å²) in [5, 5.41) is 4.18. The highest BCUT2D eigenvalue weighted by atomic mass is 32.1. The minimum Gasteiger partial charge on any atom is -0.497 e. The molecule has 3 heterocycles. The summed E-state index contributed by atoms with van der Waals surface area (Å²) in [6.07, 6.45) is 1.82. The van der Waals surface area contributed by atoms with Gasteiger partial charge in [0.25, 0.3) is 0 Å². The highest BCUT2D eigenvalue weighted by Crippen LogP contribution is 2.41. The first-order chi connectivity index (χ1) is 13.1. The molecule has 5 nitrogen and oxygen atoms in total. The van der Waals surface area contributed by atoms with Crippen LogP contribution in [0.4, 0.5) is 5.69 Å². The smallest absolute Gasteiger partial charge is 0.174 e. The van der Waals surface area contributed by atoms with Gasteiger partial charge in [-0.1, -0.05) is 6.07 Å². The van der Waals surface area contributed by atoms with Crippen molar-refractivity contribution in [2.75, 3.05) is 12.0 Å². The van der Waals surface area contributed by atoms with E-state index in [0.29, 0.717) is 5.11 Å². The van der Waals surface area contributed by atoms with Gasteiger partial charge in [0, 0.05) is 30.3 Å². The lowest BCUT2D eigenvalue weighted by Crippen LogP contribution is -2.30. The Labute approximate surface area is 164 Å². The number of rotatable bonds is 4. The van der Waals surface area contributed by atoms with Crippen LogP contribution in [0.3, 0.4) is 0 Å². The Balaban J connectivity index is 1.83. The summed E-state index contributed by atoms with van der Waals surface area (Å²) in [6.45, 7) is 2.11. The molecule has 4 rings (SSSR count). The quantitative estimate of drug-likeness (QED) is 0.697. The Bertz CT molecular complexity index is 952. The number of benzene rings is 1. The van der Waals surface area contributed by atoms with Crippen molar-refractivity contribution in [2.24, 2.45) is 7.05 Å². The molecule has 3 aromatic rings. The molecule has 1 saturated heterocycles. The molecule has 0 saturated carbocycles. The molecule has 1 aliphatic rings. The summed E-state index contributed by atoms with van der Waals surface area (Å²) in [5.41, 5.74) is 4.39. The average molecular weight is 379 g/mol. The van der Waals surface area contributed by atoms with Gasteiger partial charge in [-0.05, 0) is 67.7 Å². The van der Waals surface area contributed by atoms with Crippen LogP contribution in [0.5, 0.6) is 5.75 Å². The monoisotopic (exact) mass is 378 g/mol. The summed E-state index contributed by atoms with van der Waals surface area (Å²) < 4.78 is 7.52. The standard InChI is InChI=1S/C21H22N4OS/c1-14-7-12-18(24(14)2)20-19(17-6-4-5-13-22-17)23-21(27)25(20)15-8-10-16(26-3)11-9-15/h4-13,19-20H,1-3H3,(H,23,27)/t19-,20+/m0/s1. The largest absolute Gasteiger partial charge is 0.497 e. The predicted octanol–water partition coefficient (Wildman–Crippen LogP) is 3.91. The first-order valence-corrected chi connectivity index (χ1v) is 9.28. The van der Waals surface area contributed by atoms with Crippen LogP contribution >= 0.6 is 12.2 Å². The summed E-state index contributed by atoms with van der Waals surface area (Å²) >= 11 is 5.73. The summed E-state index contributed by atoms with van der Waals surface area (Å²) in [4.78, 5) is 6.75. The Hall–Kier alpha value is -2.86. The van der Waals surface area contributed by atoms with Crippen LogP contribution in [-0.2, 0) is 7.05 Å². The Kier molecular flexibility index (Phi) is 4.58. The van der Waals surface area contributed by atoms with Crippen LogP contribution in [0.2, 0.25) is 0 Å². The first kappa shape index (κ1) is 17.5. The van der Waals surface area contributed by atoms with E-state index in [-0.39, 0.29) is 12.1 Å². The topological polar surface area (TPSA) is 42.3 Å². The number of nitrogens with zero attached hydrogens (tertiary/aromatic N) is 3. The van der Waals surface area contributed by atoms with Crippen molar-refractivity contribution >= 4 is 23.0 Å². The second-order valence-electron chi connectivity index (χ2n) is 6.65. The van der Waals surface area contributed by atoms with Crippen LogP contribution in [0.25, 0.3) is 0 Å². The Morgan fingerprint density at radius 2 is 1.85 bits per heavy atom. The fourth-order valence-corrected chi connectivity index (χ4v) is 3.95. The van der Waals surface area contributed by atoms with Crippen LogP contribution < -0.4 is 15.0 Å². The highest BCUT2D eigenvalue weighted by Gasteiger charge is 2.41. The van der Waals surface area contributed by atoms with Crippen molar-refractivity contribution in [3.8, 4) is 5.75 Å². The number of aryl methyl sites for hydroxylation is 1. The lowest BCUT2D eigenvalue weighted by molar-refractivity contribution is 0.415. The van der Waals surface area contributed by atoms with E-state index in [1.165, 1.54) is 11.4 Å². The lowest BCUT2D eigenvalue weighted by Gasteiger charge is -2.28. The van der Waals surface area contributed by atoms with Crippen molar-refractivity contribution in [3.63, 3.8) is 0 Å². The number of hydrogen-bond donors (Lipinski definition) is 1. The number of aromatic nitrogens is 2. The zero-order valence-electron chi connectivity index (χ0n) is 15.6. The molecule has 2 aromatic heterocycles. The van der Waals surface area contributed by atoms with E-state index in [2.05, 4.69) is 45.9 Å². The number of nitrogens with one attached hydrogen (secondary N) is 1. The molecule has 138 valence electrons. The molecular weight excluding hydrogens is 356 g/mol. The van der Waals surface area contributed by atoms with Crippen LogP contribution in [0.15, 0.2) is 60.8 Å². The van der Waals surface area contributed by atoms with Crippen molar-refractivity contribution < 1.29 is 4.74 Å². The molecule has 0 unspecified atom stereocenters. The molecule has 27 heavy (non-hydrogen) atoms. The zero-order chi connectivity index (χ0) is 19.0. The average Bonchev–Trinajstić information content (AvgIpc) is 3.22. The molecule has 0 radical (unpaired) electrons. The SMILES string of the molecule is COc1ccc(N2C(=S)N[C@@H](c3ccccn3)[C@H]2c2ccc(C)n2C)cc1. The fraction of sp³-hybridized carbons (Fsp3) is 0.238. The van der Waals surface area contributed by atoms with Crippen LogP contribution in [0, 0.1) is 6.92 Å². The van der Waals surface area contributed by atoms with Gasteiger partial charge in [-0.15, -0.1) is 0 Å². The molecule has 1 aliphatic heterocycles. The molecule has 0 bridgehead atoms.